The van der Waals surface area contributed by atoms with Crippen LogP contribution in [0.15, 0.2) is 18.2 Å². The van der Waals surface area contributed by atoms with Crippen molar-refractivity contribution in [2.45, 2.75) is 37.8 Å². The Kier molecular flexibility index (Phi) is 4.79. The van der Waals surface area contributed by atoms with Crippen molar-refractivity contribution in [1.82, 2.24) is 4.90 Å². The normalized spacial score (nSPS) is 18.2. The van der Waals surface area contributed by atoms with Crippen LogP contribution in [-0.4, -0.2) is 45.2 Å². The Morgan fingerprint density at radius 2 is 1.95 bits per heavy atom. The topological polar surface area (TPSA) is 41.7 Å². The molecule has 1 fully saturated rings. The van der Waals surface area contributed by atoms with Crippen LogP contribution in [-0.2, 0) is 0 Å². The number of methoxy groups -OCH3 is 1. The summed E-state index contributed by atoms with van der Waals surface area (Å²) >= 11 is 0. The lowest BCUT2D eigenvalue weighted by Crippen LogP contribution is -2.56. The van der Waals surface area contributed by atoms with Crippen LogP contribution in [0.2, 0.25) is 0 Å². The van der Waals surface area contributed by atoms with Crippen LogP contribution in [0.3, 0.4) is 0 Å². The molecule has 1 aliphatic carbocycles. The van der Waals surface area contributed by atoms with Crippen molar-refractivity contribution in [3.05, 3.63) is 23.8 Å². The van der Waals surface area contributed by atoms with Crippen LogP contribution in [0, 0.1) is 0 Å². The van der Waals surface area contributed by atoms with Gasteiger partial charge in [0.25, 0.3) is 0 Å². The highest BCUT2D eigenvalue weighted by molar-refractivity contribution is 5.60. The van der Waals surface area contributed by atoms with Gasteiger partial charge in [-0.2, -0.15) is 0 Å². The van der Waals surface area contributed by atoms with Gasteiger partial charge in [-0.1, -0.05) is 6.07 Å². The van der Waals surface area contributed by atoms with E-state index in [1.807, 2.05) is 19.1 Å². The minimum Gasteiger partial charge on any atom is -0.496 e. The molecule has 1 saturated carbocycles. The molecule has 1 aromatic rings. The number of hydrogen-bond donors (Lipinski definition) is 1. The molecule has 0 bridgehead atoms. The number of ether oxygens (including phenoxy) is 1. The molecule has 0 amide bonds. The summed E-state index contributed by atoms with van der Waals surface area (Å²) in [6.07, 6.45) is 3.86. The summed E-state index contributed by atoms with van der Waals surface area (Å²) in [6, 6.07) is 6.12. The van der Waals surface area contributed by atoms with E-state index in [9.17, 15) is 0 Å². The van der Waals surface area contributed by atoms with Crippen molar-refractivity contribution in [1.29, 1.82) is 0 Å². The fourth-order valence-corrected chi connectivity index (χ4v) is 3.36. The summed E-state index contributed by atoms with van der Waals surface area (Å²) in [5, 5.41) is 0. The van der Waals surface area contributed by atoms with Crippen LogP contribution in [0.25, 0.3) is 0 Å². The highest BCUT2D eigenvalue weighted by atomic mass is 16.5. The highest BCUT2D eigenvalue weighted by Gasteiger charge is 2.40. The van der Waals surface area contributed by atoms with Crippen molar-refractivity contribution in [3.8, 4) is 5.75 Å². The molecule has 1 aliphatic rings. The number of benzene rings is 1. The minimum atomic E-state index is -0.0460. The number of nitrogens with two attached hydrogens (primary N) is 1. The van der Waals surface area contributed by atoms with Gasteiger partial charge in [-0.3, -0.25) is 0 Å². The van der Waals surface area contributed by atoms with E-state index in [0.717, 1.165) is 17.9 Å². The van der Waals surface area contributed by atoms with Crippen molar-refractivity contribution >= 4 is 5.69 Å². The van der Waals surface area contributed by atoms with Crippen molar-refractivity contribution in [3.63, 3.8) is 0 Å². The summed E-state index contributed by atoms with van der Waals surface area (Å²) in [4.78, 5) is 4.71. The summed E-state index contributed by atoms with van der Waals surface area (Å²) in [5.41, 5.74) is 8.75. The maximum Gasteiger partial charge on any atom is 0.125 e. The molecular formula is C17H29N3O. The van der Waals surface area contributed by atoms with Crippen LogP contribution in [0.1, 0.15) is 37.8 Å². The Bertz CT molecular complexity index is 481. The smallest absolute Gasteiger partial charge is 0.125 e. The molecule has 0 unspecified atom stereocenters. The molecule has 2 rings (SSSR count). The third-order valence-electron chi connectivity index (χ3n) is 4.89. The zero-order chi connectivity index (χ0) is 15.6. The maximum absolute atomic E-state index is 6.18. The van der Waals surface area contributed by atoms with E-state index < -0.39 is 0 Å². The Labute approximate surface area is 128 Å². The molecule has 0 aliphatic heterocycles. The average Bonchev–Trinajstić information content (AvgIpc) is 2.40. The number of rotatable bonds is 6. The fraction of sp³-hybridized carbons (Fsp3) is 0.647. The summed E-state index contributed by atoms with van der Waals surface area (Å²) < 4.78 is 5.50. The molecule has 1 atom stereocenters. The second-order valence-electron chi connectivity index (χ2n) is 6.51. The molecule has 4 heteroatoms. The maximum atomic E-state index is 6.18. The number of likely N-dealkylation sites (N-methyl/N-ethyl adjacent to an activating group) is 2. The van der Waals surface area contributed by atoms with Gasteiger partial charge >= 0.3 is 0 Å². The first-order valence-electron chi connectivity index (χ1n) is 7.72. The van der Waals surface area contributed by atoms with E-state index in [2.05, 4.69) is 37.0 Å². The molecule has 0 aromatic heterocycles. The molecule has 1 aromatic carbocycles. The van der Waals surface area contributed by atoms with Crippen molar-refractivity contribution in [2.24, 2.45) is 5.73 Å². The van der Waals surface area contributed by atoms with Crippen LogP contribution >= 0.6 is 0 Å². The molecule has 4 nitrogen and oxygen atoms in total. The second kappa shape index (κ2) is 6.24. The van der Waals surface area contributed by atoms with Gasteiger partial charge < -0.3 is 20.3 Å². The lowest BCUT2D eigenvalue weighted by atomic mass is 9.75. The van der Waals surface area contributed by atoms with E-state index >= 15 is 0 Å². The van der Waals surface area contributed by atoms with Crippen molar-refractivity contribution in [2.75, 3.05) is 39.7 Å². The van der Waals surface area contributed by atoms with E-state index in [0.29, 0.717) is 5.54 Å². The molecule has 118 valence electrons. The first kappa shape index (κ1) is 16.1. The molecule has 0 spiro atoms. The Morgan fingerprint density at radius 3 is 2.38 bits per heavy atom. The molecule has 0 heterocycles. The molecule has 21 heavy (non-hydrogen) atoms. The third-order valence-corrected chi connectivity index (χ3v) is 4.89. The first-order chi connectivity index (χ1) is 9.91. The summed E-state index contributed by atoms with van der Waals surface area (Å²) in [6.45, 7) is 3.03. The zero-order valence-corrected chi connectivity index (χ0v) is 14.0. The molecule has 0 saturated heterocycles. The number of hydrogen-bond acceptors (Lipinski definition) is 4. The van der Waals surface area contributed by atoms with Crippen molar-refractivity contribution < 1.29 is 4.74 Å². The number of anilines is 1. The molecular weight excluding hydrogens is 262 g/mol. The average molecular weight is 291 g/mol. The largest absolute Gasteiger partial charge is 0.496 e. The predicted molar refractivity (Wildman–Crippen MR) is 89.1 cm³/mol. The van der Waals surface area contributed by atoms with Crippen LogP contribution < -0.4 is 15.4 Å². The van der Waals surface area contributed by atoms with E-state index in [-0.39, 0.29) is 6.04 Å². The van der Waals surface area contributed by atoms with Gasteiger partial charge in [0, 0.05) is 36.4 Å². The van der Waals surface area contributed by atoms with Gasteiger partial charge in [-0.05, 0) is 52.4 Å². The summed E-state index contributed by atoms with van der Waals surface area (Å²) in [7, 11) is 8.23. The van der Waals surface area contributed by atoms with Gasteiger partial charge in [0.15, 0.2) is 0 Å². The van der Waals surface area contributed by atoms with E-state index in [1.54, 1.807) is 7.11 Å². The van der Waals surface area contributed by atoms with E-state index in [1.165, 1.54) is 24.9 Å². The standard InChI is InChI=1S/C17H29N3O/c1-13(18)16-14(8-6-9-15(16)21-5)20(4)12-17(19(2)3)10-7-11-17/h6,8-9,13H,7,10-12,18H2,1-5H3/t13-/m1/s1. The van der Waals surface area contributed by atoms with E-state index in [4.69, 9.17) is 10.5 Å². The van der Waals surface area contributed by atoms with Crippen LogP contribution in [0.4, 0.5) is 5.69 Å². The quantitative estimate of drug-likeness (QED) is 0.875. The van der Waals surface area contributed by atoms with Gasteiger partial charge in [0.1, 0.15) is 5.75 Å². The Balaban J connectivity index is 2.29. The SMILES string of the molecule is COc1cccc(N(C)CC2(N(C)C)CCC2)c1[C@@H](C)N. The second-order valence-corrected chi connectivity index (χ2v) is 6.51. The molecule has 2 N–H and O–H groups in total. The van der Waals surface area contributed by atoms with Gasteiger partial charge in [-0.25, -0.2) is 0 Å². The predicted octanol–water partition coefficient (Wildman–Crippen LogP) is 2.64. The minimum absolute atomic E-state index is 0.0460. The Morgan fingerprint density at radius 1 is 1.29 bits per heavy atom. The lowest BCUT2D eigenvalue weighted by Gasteiger charge is -2.49. The first-order valence-corrected chi connectivity index (χ1v) is 7.72. The number of nitrogens with zero attached hydrogens (tertiary/aromatic N) is 2. The molecule has 0 radical (unpaired) electrons. The fourth-order valence-electron chi connectivity index (χ4n) is 3.36. The van der Waals surface area contributed by atoms with Gasteiger partial charge in [0.2, 0.25) is 0 Å². The summed E-state index contributed by atoms with van der Waals surface area (Å²) in [5.74, 6) is 0.877. The van der Waals surface area contributed by atoms with Crippen LogP contribution in [0.5, 0.6) is 5.75 Å². The van der Waals surface area contributed by atoms with Gasteiger partial charge in [0.05, 0.1) is 7.11 Å². The third kappa shape index (κ3) is 3.01. The zero-order valence-electron chi connectivity index (χ0n) is 14.0. The monoisotopic (exact) mass is 291 g/mol. The van der Waals surface area contributed by atoms with Gasteiger partial charge in [-0.15, -0.1) is 0 Å². The highest BCUT2D eigenvalue weighted by Crippen LogP contribution is 2.39. The lowest BCUT2D eigenvalue weighted by molar-refractivity contribution is 0.0683. The Hall–Kier alpha value is -1.26.